The largest absolute Gasteiger partial charge is 0.434 e. The zero-order valence-electron chi connectivity index (χ0n) is 16.1. The minimum absolute atomic E-state index is 0.0362. The first kappa shape index (κ1) is 21.1. The SMILES string of the molecule is O=C(Cc1csc(Cc2ccccc2)n1)Nc1nc(-c2ccccc2OC(F)F)cs1. The Balaban J connectivity index is 1.38. The molecule has 0 atom stereocenters. The topological polar surface area (TPSA) is 64.1 Å². The maximum Gasteiger partial charge on any atom is 0.387 e. The van der Waals surface area contributed by atoms with Crippen LogP contribution in [0, 0.1) is 0 Å². The van der Waals surface area contributed by atoms with Gasteiger partial charge in [-0.3, -0.25) is 4.79 Å². The first-order valence-electron chi connectivity index (χ1n) is 9.33. The van der Waals surface area contributed by atoms with E-state index < -0.39 is 6.61 Å². The number of halogens is 2. The van der Waals surface area contributed by atoms with E-state index in [1.54, 1.807) is 23.6 Å². The summed E-state index contributed by atoms with van der Waals surface area (Å²) in [5.41, 5.74) is 2.75. The van der Waals surface area contributed by atoms with Gasteiger partial charge in [-0.15, -0.1) is 22.7 Å². The van der Waals surface area contributed by atoms with Crippen LogP contribution >= 0.6 is 22.7 Å². The fourth-order valence-corrected chi connectivity index (χ4v) is 4.50. The summed E-state index contributed by atoms with van der Waals surface area (Å²) in [5.74, 6) is -0.205. The van der Waals surface area contributed by atoms with Gasteiger partial charge < -0.3 is 10.1 Å². The second kappa shape index (κ2) is 9.76. The number of aromatic nitrogens is 2. The van der Waals surface area contributed by atoms with Crippen LogP contribution in [0.3, 0.4) is 0 Å². The molecule has 0 aliphatic carbocycles. The molecule has 0 saturated heterocycles. The van der Waals surface area contributed by atoms with E-state index in [1.807, 2.05) is 35.7 Å². The third-order valence-corrected chi connectivity index (χ3v) is 5.92. The van der Waals surface area contributed by atoms with Crippen molar-refractivity contribution in [2.24, 2.45) is 0 Å². The lowest BCUT2D eigenvalue weighted by molar-refractivity contribution is -0.115. The second-order valence-electron chi connectivity index (χ2n) is 6.53. The minimum atomic E-state index is -2.93. The quantitative estimate of drug-likeness (QED) is 0.372. The molecular formula is C22H17F2N3O2S2. The first-order chi connectivity index (χ1) is 15.1. The smallest absolute Gasteiger partial charge is 0.387 e. The Morgan fingerprint density at radius 2 is 1.77 bits per heavy atom. The molecule has 0 saturated carbocycles. The molecule has 0 radical (unpaired) electrons. The number of nitrogens with zero attached hydrogens (tertiary/aromatic N) is 2. The number of hydrogen-bond donors (Lipinski definition) is 1. The third-order valence-electron chi connectivity index (χ3n) is 4.27. The number of benzene rings is 2. The maximum absolute atomic E-state index is 12.6. The fraction of sp³-hybridized carbons (Fsp3) is 0.136. The standard InChI is InChI=1S/C22H17F2N3O2S2/c23-21(24)29-18-9-5-4-8-16(18)17-13-31-22(26-17)27-19(28)11-15-12-30-20(25-15)10-14-6-2-1-3-7-14/h1-9,12-13,21H,10-11H2,(H,26,27,28). The second-order valence-corrected chi connectivity index (χ2v) is 8.33. The van der Waals surface area contributed by atoms with Crippen molar-refractivity contribution in [3.05, 3.63) is 81.6 Å². The number of thiazole rings is 2. The van der Waals surface area contributed by atoms with Gasteiger partial charge in [-0.25, -0.2) is 9.97 Å². The summed E-state index contributed by atoms with van der Waals surface area (Å²) in [7, 11) is 0. The summed E-state index contributed by atoms with van der Waals surface area (Å²) in [6.45, 7) is -2.93. The van der Waals surface area contributed by atoms with Crippen molar-refractivity contribution in [2.75, 3.05) is 5.32 Å². The molecule has 0 bridgehead atoms. The number of ether oxygens (including phenoxy) is 1. The van der Waals surface area contributed by atoms with Gasteiger partial charge in [0, 0.05) is 22.7 Å². The number of para-hydroxylation sites is 1. The van der Waals surface area contributed by atoms with Gasteiger partial charge in [0.15, 0.2) is 5.13 Å². The first-order valence-corrected chi connectivity index (χ1v) is 11.1. The van der Waals surface area contributed by atoms with Gasteiger partial charge in [0.05, 0.1) is 22.8 Å². The molecule has 0 aliphatic rings. The van der Waals surface area contributed by atoms with Crippen LogP contribution in [-0.2, 0) is 17.6 Å². The molecule has 0 spiro atoms. The van der Waals surface area contributed by atoms with Crippen molar-refractivity contribution in [1.82, 2.24) is 9.97 Å². The molecule has 0 unspecified atom stereocenters. The van der Waals surface area contributed by atoms with E-state index in [-0.39, 0.29) is 18.1 Å². The van der Waals surface area contributed by atoms with Crippen molar-refractivity contribution < 1.29 is 18.3 Å². The molecule has 0 aliphatic heterocycles. The molecule has 0 fully saturated rings. The van der Waals surface area contributed by atoms with Crippen LogP contribution in [0.5, 0.6) is 5.75 Å². The zero-order valence-corrected chi connectivity index (χ0v) is 17.8. The third kappa shape index (κ3) is 5.71. The van der Waals surface area contributed by atoms with Crippen molar-refractivity contribution in [3.8, 4) is 17.0 Å². The molecule has 2 aromatic carbocycles. The Kier molecular flexibility index (Phi) is 6.63. The molecule has 2 aromatic heterocycles. The Morgan fingerprint density at radius 1 is 1.00 bits per heavy atom. The van der Waals surface area contributed by atoms with Gasteiger partial charge in [0.1, 0.15) is 5.75 Å². The van der Waals surface area contributed by atoms with Crippen molar-refractivity contribution in [3.63, 3.8) is 0 Å². The maximum atomic E-state index is 12.6. The Morgan fingerprint density at radius 3 is 2.58 bits per heavy atom. The summed E-state index contributed by atoms with van der Waals surface area (Å²) < 4.78 is 29.8. The summed E-state index contributed by atoms with van der Waals surface area (Å²) in [6, 6.07) is 16.4. The number of alkyl halides is 2. The van der Waals surface area contributed by atoms with E-state index in [2.05, 4.69) is 20.0 Å². The fourth-order valence-electron chi connectivity index (χ4n) is 2.94. The van der Waals surface area contributed by atoms with Crippen LogP contribution in [0.4, 0.5) is 13.9 Å². The highest BCUT2D eigenvalue weighted by Crippen LogP contribution is 2.33. The van der Waals surface area contributed by atoms with E-state index in [9.17, 15) is 13.6 Å². The van der Waals surface area contributed by atoms with E-state index in [0.29, 0.717) is 22.1 Å². The van der Waals surface area contributed by atoms with E-state index in [4.69, 9.17) is 0 Å². The molecule has 158 valence electrons. The van der Waals surface area contributed by atoms with Crippen LogP contribution in [0.1, 0.15) is 16.3 Å². The molecule has 9 heteroatoms. The molecule has 4 aromatic rings. The van der Waals surface area contributed by atoms with Gasteiger partial charge in [-0.1, -0.05) is 42.5 Å². The number of carbonyl (C=O) groups is 1. The van der Waals surface area contributed by atoms with Gasteiger partial charge in [-0.05, 0) is 17.7 Å². The molecule has 31 heavy (non-hydrogen) atoms. The van der Waals surface area contributed by atoms with Gasteiger partial charge in [0.25, 0.3) is 0 Å². The van der Waals surface area contributed by atoms with E-state index in [0.717, 1.165) is 11.4 Å². The van der Waals surface area contributed by atoms with Crippen LogP contribution in [0.25, 0.3) is 11.3 Å². The average Bonchev–Trinajstić information content (AvgIpc) is 3.38. The molecule has 4 rings (SSSR count). The number of anilines is 1. The molecule has 1 amide bonds. The van der Waals surface area contributed by atoms with Crippen LogP contribution in [0.2, 0.25) is 0 Å². The summed E-state index contributed by atoms with van der Waals surface area (Å²) in [5, 5.41) is 7.63. The molecular weight excluding hydrogens is 440 g/mol. The molecule has 5 nitrogen and oxygen atoms in total. The number of amides is 1. The van der Waals surface area contributed by atoms with E-state index >= 15 is 0 Å². The van der Waals surface area contributed by atoms with Crippen molar-refractivity contribution in [2.45, 2.75) is 19.5 Å². The lowest BCUT2D eigenvalue weighted by atomic mass is 10.1. The lowest BCUT2D eigenvalue weighted by Gasteiger charge is -2.08. The van der Waals surface area contributed by atoms with Crippen molar-refractivity contribution >= 4 is 33.7 Å². The monoisotopic (exact) mass is 457 g/mol. The summed E-state index contributed by atoms with van der Waals surface area (Å²) in [6.07, 6.45) is 0.856. The highest BCUT2D eigenvalue weighted by Gasteiger charge is 2.15. The predicted molar refractivity (Wildman–Crippen MR) is 118 cm³/mol. The van der Waals surface area contributed by atoms with Crippen LogP contribution < -0.4 is 10.1 Å². The highest BCUT2D eigenvalue weighted by atomic mass is 32.1. The number of hydrogen-bond acceptors (Lipinski definition) is 6. The Hall–Kier alpha value is -3.17. The Labute approximate surface area is 185 Å². The normalized spacial score (nSPS) is 10.9. The predicted octanol–water partition coefficient (Wildman–Crippen LogP) is 5.64. The molecule has 2 heterocycles. The average molecular weight is 458 g/mol. The minimum Gasteiger partial charge on any atom is -0.434 e. The summed E-state index contributed by atoms with van der Waals surface area (Å²) in [4.78, 5) is 21.3. The molecule has 1 N–H and O–H groups in total. The summed E-state index contributed by atoms with van der Waals surface area (Å²) >= 11 is 2.74. The zero-order chi connectivity index (χ0) is 21.6. The Bertz CT molecular complexity index is 1160. The van der Waals surface area contributed by atoms with Crippen LogP contribution in [-0.4, -0.2) is 22.5 Å². The van der Waals surface area contributed by atoms with Gasteiger partial charge >= 0.3 is 6.61 Å². The number of rotatable bonds is 8. The van der Waals surface area contributed by atoms with Gasteiger partial charge in [-0.2, -0.15) is 8.78 Å². The number of carbonyl (C=O) groups excluding carboxylic acids is 1. The van der Waals surface area contributed by atoms with Crippen molar-refractivity contribution in [1.29, 1.82) is 0 Å². The highest BCUT2D eigenvalue weighted by molar-refractivity contribution is 7.14. The lowest BCUT2D eigenvalue weighted by Crippen LogP contribution is -2.14. The van der Waals surface area contributed by atoms with Crippen LogP contribution in [0.15, 0.2) is 65.4 Å². The van der Waals surface area contributed by atoms with Gasteiger partial charge in [0.2, 0.25) is 5.91 Å². The number of nitrogens with one attached hydrogen (secondary N) is 1. The van der Waals surface area contributed by atoms with E-state index in [1.165, 1.54) is 34.3 Å².